The van der Waals surface area contributed by atoms with Gasteiger partial charge >= 0.3 is 6.09 Å². The summed E-state index contributed by atoms with van der Waals surface area (Å²) < 4.78 is 11.1. The number of amides is 1. The van der Waals surface area contributed by atoms with Gasteiger partial charge in [0, 0.05) is 6.54 Å². The van der Waals surface area contributed by atoms with Crippen molar-refractivity contribution in [2.75, 3.05) is 13.1 Å². The number of carbonyl (C=O) groups excluding carboxylic acids is 1. The summed E-state index contributed by atoms with van der Waals surface area (Å²) in [6, 6.07) is 7.72. The second-order valence-corrected chi connectivity index (χ2v) is 6.67. The van der Waals surface area contributed by atoms with Crippen LogP contribution in [0.25, 0.3) is 0 Å². The van der Waals surface area contributed by atoms with Gasteiger partial charge in [-0.3, -0.25) is 0 Å². The summed E-state index contributed by atoms with van der Waals surface area (Å²) in [5.74, 6) is 0.863. The molecule has 1 aliphatic heterocycles. The fourth-order valence-corrected chi connectivity index (χ4v) is 2.32. The van der Waals surface area contributed by atoms with Crippen LogP contribution in [0.15, 0.2) is 24.3 Å². The minimum Gasteiger partial charge on any atom is -0.489 e. The summed E-state index contributed by atoms with van der Waals surface area (Å²) in [7, 11) is 0. The number of carbonyl (C=O) groups is 1. The number of rotatable bonds is 4. The first-order valence-corrected chi connectivity index (χ1v) is 7.80. The van der Waals surface area contributed by atoms with Crippen LogP contribution in [0.5, 0.6) is 5.75 Å². The molecule has 0 bridgehead atoms. The Balaban J connectivity index is 1.87. The van der Waals surface area contributed by atoms with Gasteiger partial charge in [-0.2, -0.15) is 0 Å². The maximum Gasteiger partial charge on any atom is 0.408 e. The van der Waals surface area contributed by atoms with Crippen molar-refractivity contribution in [2.24, 2.45) is 0 Å². The van der Waals surface area contributed by atoms with Crippen LogP contribution in [0.2, 0.25) is 0 Å². The van der Waals surface area contributed by atoms with Gasteiger partial charge in [-0.25, -0.2) is 4.79 Å². The molecule has 2 rings (SSSR count). The third-order valence-corrected chi connectivity index (χ3v) is 3.43. The van der Waals surface area contributed by atoms with Crippen molar-refractivity contribution < 1.29 is 14.3 Å². The van der Waals surface area contributed by atoms with Crippen LogP contribution in [0.3, 0.4) is 0 Å². The molecule has 1 fully saturated rings. The molecule has 0 radical (unpaired) electrons. The van der Waals surface area contributed by atoms with Crippen LogP contribution < -0.4 is 15.4 Å². The van der Waals surface area contributed by atoms with Gasteiger partial charge in [0.05, 0.1) is 6.04 Å². The molecule has 0 aromatic heterocycles. The van der Waals surface area contributed by atoms with Crippen LogP contribution in [0.1, 0.15) is 45.7 Å². The van der Waals surface area contributed by atoms with E-state index < -0.39 is 11.7 Å². The lowest BCUT2D eigenvalue weighted by molar-refractivity contribution is 0.0508. The van der Waals surface area contributed by atoms with Crippen molar-refractivity contribution in [2.45, 2.75) is 51.9 Å². The first-order valence-electron chi connectivity index (χ1n) is 7.80. The predicted octanol–water partition coefficient (Wildman–Crippen LogP) is 3.01. The summed E-state index contributed by atoms with van der Waals surface area (Å²) in [5, 5.41) is 6.11. The number of alkyl carbamates (subject to hydrolysis) is 1. The van der Waals surface area contributed by atoms with Crippen LogP contribution in [-0.2, 0) is 4.74 Å². The summed E-state index contributed by atoms with van der Waals surface area (Å²) in [4.78, 5) is 11.8. The van der Waals surface area contributed by atoms with Crippen molar-refractivity contribution in [1.29, 1.82) is 0 Å². The molecule has 122 valence electrons. The van der Waals surface area contributed by atoms with Crippen LogP contribution >= 0.6 is 0 Å². The zero-order chi connectivity index (χ0) is 16.2. The predicted molar refractivity (Wildman–Crippen MR) is 86.1 cm³/mol. The maximum absolute atomic E-state index is 11.8. The van der Waals surface area contributed by atoms with E-state index in [4.69, 9.17) is 9.47 Å². The van der Waals surface area contributed by atoms with E-state index in [-0.39, 0.29) is 12.1 Å². The number of hydrogen-bond donors (Lipinski definition) is 2. The molecular formula is C17H26N2O3. The SMILES string of the molecule is CC(NC(=O)OC(C)(C)C)c1ccc(OC2CCNC2)cc1. The Kier molecular flexibility index (Phi) is 5.29. The van der Waals surface area contributed by atoms with Gasteiger partial charge in [-0.05, 0) is 58.4 Å². The summed E-state index contributed by atoms with van der Waals surface area (Å²) >= 11 is 0. The van der Waals surface area contributed by atoms with Crippen molar-refractivity contribution in [3.63, 3.8) is 0 Å². The van der Waals surface area contributed by atoms with E-state index in [1.807, 2.05) is 52.0 Å². The van der Waals surface area contributed by atoms with Crippen LogP contribution in [0.4, 0.5) is 4.79 Å². The van der Waals surface area contributed by atoms with Gasteiger partial charge in [0.25, 0.3) is 0 Å². The Morgan fingerprint density at radius 2 is 2.00 bits per heavy atom. The lowest BCUT2D eigenvalue weighted by Gasteiger charge is -2.22. The molecule has 5 heteroatoms. The van der Waals surface area contributed by atoms with E-state index >= 15 is 0 Å². The molecule has 2 N–H and O–H groups in total. The third kappa shape index (κ3) is 5.22. The van der Waals surface area contributed by atoms with Crippen molar-refractivity contribution >= 4 is 6.09 Å². The highest BCUT2D eigenvalue weighted by Gasteiger charge is 2.19. The Morgan fingerprint density at radius 1 is 1.32 bits per heavy atom. The van der Waals surface area contributed by atoms with Gasteiger partial charge in [0.15, 0.2) is 0 Å². The maximum atomic E-state index is 11.8. The molecule has 1 aromatic carbocycles. The Bertz CT molecular complexity index is 488. The molecule has 0 aliphatic carbocycles. The Labute approximate surface area is 132 Å². The first-order chi connectivity index (χ1) is 10.3. The van der Waals surface area contributed by atoms with E-state index in [9.17, 15) is 4.79 Å². The summed E-state index contributed by atoms with van der Waals surface area (Å²) in [5.41, 5.74) is 0.527. The number of benzene rings is 1. The number of nitrogens with one attached hydrogen (secondary N) is 2. The summed E-state index contributed by atoms with van der Waals surface area (Å²) in [6.45, 7) is 9.39. The lowest BCUT2D eigenvalue weighted by atomic mass is 10.1. The molecule has 1 amide bonds. The second-order valence-electron chi connectivity index (χ2n) is 6.67. The highest BCUT2D eigenvalue weighted by molar-refractivity contribution is 5.68. The van der Waals surface area contributed by atoms with Gasteiger partial charge in [0.1, 0.15) is 17.5 Å². The average Bonchev–Trinajstić information content (AvgIpc) is 2.90. The Morgan fingerprint density at radius 3 is 2.55 bits per heavy atom. The smallest absolute Gasteiger partial charge is 0.408 e. The van der Waals surface area contributed by atoms with E-state index in [0.29, 0.717) is 0 Å². The fraction of sp³-hybridized carbons (Fsp3) is 0.588. The van der Waals surface area contributed by atoms with E-state index in [1.54, 1.807) is 0 Å². The standard InChI is InChI=1S/C17H26N2O3/c1-12(19-16(20)22-17(2,3)4)13-5-7-14(8-6-13)21-15-9-10-18-11-15/h5-8,12,15,18H,9-11H2,1-4H3,(H,19,20). The monoisotopic (exact) mass is 306 g/mol. The van der Waals surface area contributed by atoms with Gasteiger partial charge < -0.3 is 20.1 Å². The molecule has 5 nitrogen and oxygen atoms in total. The molecule has 1 saturated heterocycles. The van der Waals surface area contributed by atoms with Gasteiger partial charge in [-0.1, -0.05) is 12.1 Å². The largest absolute Gasteiger partial charge is 0.489 e. The zero-order valence-corrected chi connectivity index (χ0v) is 13.8. The van der Waals surface area contributed by atoms with Crippen molar-refractivity contribution in [1.82, 2.24) is 10.6 Å². The highest BCUT2D eigenvalue weighted by atomic mass is 16.6. The molecule has 2 atom stereocenters. The minimum absolute atomic E-state index is 0.114. The molecule has 1 aromatic rings. The average molecular weight is 306 g/mol. The van der Waals surface area contributed by atoms with Gasteiger partial charge in [0.2, 0.25) is 0 Å². The normalized spacial score (nSPS) is 19.5. The molecule has 0 spiro atoms. The molecule has 22 heavy (non-hydrogen) atoms. The van der Waals surface area contributed by atoms with E-state index in [1.165, 1.54) is 0 Å². The quantitative estimate of drug-likeness (QED) is 0.898. The molecule has 1 heterocycles. The summed E-state index contributed by atoms with van der Waals surface area (Å²) in [6.07, 6.45) is 0.888. The molecule has 2 unspecified atom stereocenters. The lowest BCUT2D eigenvalue weighted by Crippen LogP contribution is -2.34. The molecule has 1 aliphatic rings. The van der Waals surface area contributed by atoms with E-state index in [0.717, 1.165) is 30.8 Å². The number of hydrogen-bond acceptors (Lipinski definition) is 4. The topological polar surface area (TPSA) is 59.6 Å². The Hall–Kier alpha value is -1.75. The minimum atomic E-state index is -0.489. The van der Waals surface area contributed by atoms with Gasteiger partial charge in [-0.15, -0.1) is 0 Å². The zero-order valence-electron chi connectivity index (χ0n) is 13.8. The molecular weight excluding hydrogens is 280 g/mol. The van der Waals surface area contributed by atoms with E-state index in [2.05, 4.69) is 10.6 Å². The third-order valence-electron chi connectivity index (χ3n) is 3.43. The fourth-order valence-electron chi connectivity index (χ4n) is 2.32. The van der Waals surface area contributed by atoms with Crippen LogP contribution in [-0.4, -0.2) is 30.9 Å². The first kappa shape index (κ1) is 16.6. The van der Waals surface area contributed by atoms with Crippen LogP contribution in [0, 0.1) is 0 Å². The van der Waals surface area contributed by atoms with Crippen molar-refractivity contribution in [3.8, 4) is 5.75 Å². The number of ether oxygens (including phenoxy) is 2. The second kappa shape index (κ2) is 7.01. The molecule has 0 saturated carbocycles. The van der Waals surface area contributed by atoms with Crippen molar-refractivity contribution in [3.05, 3.63) is 29.8 Å². The highest BCUT2D eigenvalue weighted by Crippen LogP contribution is 2.20.